The van der Waals surface area contributed by atoms with Crippen LogP contribution in [0.4, 0.5) is 0 Å². The number of likely N-dealkylation sites (tertiary alicyclic amines) is 1. The van der Waals surface area contributed by atoms with Gasteiger partial charge in [0.15, 0.2) is 0 Å². The van der Waals surface area contributed by atoms with E-state index in [1.54, 1.807) is 12.1 Å². The van der Waals surface area contributed by atoms with Crippen molar-refractivity contribution in [3.63, 3.8) is 0 Å². The molecule has 0 aliphatic carbocycles. The molecule has 1 saturated heterocycles. The first-order valence-electron chi connectivity index (χ1n) is 5.93. The zero-order chi connectivity index (χ0) is 13.1. The molecule has 2 rings (SSSR count). The van der Waals surface area contributed by atoms with Crippen molar-refractivity contribution < 1.29 is 14.7 Å². The molecule has 3 N–H and O–H groups in total. The predicted molar refractivity (Wildman–Crippen MR) is 66.0 cm³/mol. The van der Waals surface area contributed by atoms with Gasteiger partial charge in [0.05, 0.1) is 0 Å². The van der Waals surface area contributed by atoms with E-state index in [9.17, 15) is 9.59 Å². The number of carboxylic acid groups (broad SMARTS) is 1. The summed E-state index contributed by atoms with van der Waals surface area (Å²) in [6.07, 6.45) is 1.62. The number of primary amides is 1. The number of rotatable bonds is 4. The lowest BCUT2D eigenvalue weighted by molar-refractivity contribution is -0.142. The molecule has 1 aromatic carbocycles. The van der Waals surface area contributed by atoms with E-state index >= 15 is 0 Å². The van der Waals surface area contributed by atoms with Crippen LogP contribution in [0.25, 0.3) is 0 Å². The number of carbonyl (C=O) groups excluding carboxylic acids is 1. The second kappa shape index (κ2) is 5.18. The predicted octanol–water partition coefficient (Wildman–Crippen LogP) is 0.834. The molecule has 1 fully saturated rings. The number of aliphatic carboxylic acids is 1. The molecular weight excluding hydrogens is 232 g/mol. The van der Waals surface area contributed by atoms with Crippen LogP contribution in [-0.4, -0.2) is 34.5 Å². The maximum atomic E-state index is 11.0. The van der Waals surface area contributed by atoms with Crippen LogP contribution >= 0.6 is 0 Å². The van der Waals surface area contributed by atoms with E-state index in [-0.39, 0.29) is 6.04 Å². The summed E-state index contributed by atoms with van der Waals surface area (Å²) in [4.78, 5) is 23.9. The van der Waals surface area contributed by atoms with Crippen LogP contribution in [0.1, 0.15) is 28.8 Å². The summed E-state index contributed by atoms with van der Waals surface area (Å²) < 4.78 is 0. The lowest BCUT2D eigenvalue weighted by atomic mass is 10.1. The van der Waals surface area contributed by atoms with Crippen molar-refractivity contribution in [3.05, 3.63) is 35.4 Å². The van der Waals surface area contributed by atoms with Crippen molar-refractivity contribution in [3.8, 4) is 0 Å². The fourth-order valence-corrected chi connectivity index (χ4v) is 2.30. The molecule has 1 aliphatic rings. The molecule has 0 spiro atoms. The first-order chi connectivity index (χ1) is 8.58. The SMILES string of the molecule is NC(=O)c1ccc(CN2CCCC2C(=O)O)cc1. The van der Waals surface area contributed by atoms with Gasteiger partial charge in [-0.15, -0.1) is 0 Å². The van der Waals surface area contributed by atoms with Gasteiger partial charge in [-0.2, -0.15) is 0 Å². The number of nitrogens with two attached hydrogens (primary N) is 1. The fraction of sp³-hybridized carbons (Fsp3) is 0.385. The van der Waals surface area contributed by atoms with Gasteiger partial charge in [0, 0.05) is 12.1 Å². The van der Waals surface area contributed by atoms with Crippen LogP contribution in [0.15, 0.2) is 24.3 Å². The van der Waals surface area contributed by atoms with Crippen LogP contribution < -0.4 is 5.73 Å². The van der Waals surface area contributed by atoms with Crippen molar-refractivity contribution in [1.29, 1.82) is 0 Å². The monoisotopic (exact) mass is 248 g/mol. The first-order valence-corrected chi connectivity index (χ1v) is 5.93. The minimum Gasteiger partial charge on any atom is -0.480 e. The van der Waals surface area contributed by atoms with Gasteiger partial charge >= 0.3 is 5.97 Å². The third-order valence-electron chi connectivity index (χ3n) is 3.27. The Bertz CT molecular complexity index is 456. The van der Waals surface area contributed by atoms with E-state index < -0.39 is 11.9 Å². The highest BCUT2D eigenvalue weighted by Gasteiger charge is 2.30. The van der Waals surface area contributed by atoms with E-state index in [0.29, 0.717) is 18.5 Å². The smallest absolute Gasteiger partial charge is 0.320 e. The van der Waals surface area contributed by atoms with E-state index in [1.807, 2.05) is 17.0 Å². The van der Waals surface area contributed by atoms with E-state index in [0.717, 1.165) is 18.5 Å². The Balaban J connectivity index is 2.05. The molecule has 1 atom stereocenters. The van der Waals surface area contributed by atoms with Gasteiger partial charge in [0.1, 0.15) is 6.04 Å². The molecule has 1 aliphatic heterocycles. The van der Waals surface area contributed by atoms with Crippen molar-refractivity contribution in [2.24, 2.45) is 5.73 Å². The molecule has 5 heteroatoms. The van der Waals surface area contributed by atoms with Crippen LogP contribution in [0, 0.1) is 0 Å². The zero-order valence-electron chi connectivity index (χ0n) is 10.0. The Morgan fingerprint density at radius 2 is 2.00 bits per heavy atom. The highest BCUT2D eigenvalue weighted by atomic mass is 16.4. The van der Waals surface area contributed by atoms with Gasteiger partial charge in [0.25, 0.3) is 0 Å². The van der Waals surface area contributed by atoms with E-state index in [4.69, 9.17) is 10.8 Å². The summed E-state index contributed by atoms with van der Waals surface area (Å²) in [6.45, 7) is 1.39. The van der Waals surface area contributed by atoms with Crippen molar-refractivity contribution >= 4 is 11.9 Å². The molecule has 96 valence electrons. The Morgan fingerprint density at radius 3 is 2.56 bits per heavy atom. The Morgan fingerprint density at radius 1 is 1.33 bits per heavy atom. The summed E-state index contributed by atoms with van der Waals surface area (Å²) in [6, 6.07) is 6.59. The average molecular weight is 248 g/mol. The fourth-order valence-electron chi connectivity index (χ4n) is 2.30. The van der Waals surface area contributed by atoms with Gasteiger partial charge in [-0.3, -0.25) is 14.5 Å². The summed E-state index contributed by atoms with van der Waals surface area (Å²) in [5, 5.41) is 9.08. The summed E-state index contributed by atoms with van der Waals surface area (Å²) in [5.41, 5.74) is 6.62. The molecule has 0 bridgehead atoms. The quantitative estimate of drug-likeness (QED) is 0.826. The molecule has 0 radical (unpaired) electrons. The molecule has 1 amide bonds. The number of carboxylic acids is 1. The number of benzene rings is 1. The molecule has 0 saturated carbocycles. The highest BCUT2D eigenvalue weighted by molar-refractivity contribution is 5.92. The Kier molecular flexibility index (Phi) is 3.62. The minimum absolute atomic E-state index is 0.388. The number of amides is 1. The molecule has 5 nitrogen and oxygen atoms in total. The van der Waals surface area contributed by atoms with E-state index in [1.165, 1.54) is 0 Å². The molecule has 1 heterocycles. The van der Waals surface area contributed by atoms with Gasteiger partial charge < -0.3 is 10.8 Å². The molecule has 1 unspecified atom stereocenters. The number of hydrogen-bond donors (Lipinski definition) is 2. The Labute approximate surface area is 105 Å². The second-order valence-corrected chi connectivity index (χ2v) is 4.53. The second-order valence-electron chi connectivity index (χ2n) is 4.53. The third-order valence-corrected chi connectivity index (χ3v) is 3.27. The highest BCUT2D eigenvalue weighted by Crippen LogP contribution is 2.20. The summed E-state index contributed by atoms with van der Waals surface area (Å²) in [5.74, 6) is -1.22. The average Bonchev–Trinajstić information content (AvgIpc) is 2.78. The summed E-state index contributed by atoms with van der Waals surface area (Å²) in [7, 11) is 0. The first kappa shape index (κ1) is 12.6. The topological polar surface area (TPSA) is 83.6 Å². The maximum absolute atomic E-state index is 11.0. The normalized spacial score (nSPS) is 19.9. The molecule has 0 aromatic heterocycles. The van der Waals surface area contributed by atoms with Crippen LogP contribution in [0.3, 0.4) is 0 Å². The molecule has 1 aromatic rings. The van der Waals surface area contributed by atoms with Crippen LogP contribution in [0.2, 0.25) is 0 Å². The largest absolute Gasteiger partial charge is 0.480 e. The van der Waals surface area contributed by atoms with Gasteiger partial charge in [-0.1, -0.05) is 12.1 Å². The van der Waals surface area contributed by atoms with Crippen LogP contribution in [-0.2, 0) is 11.3 Å². The van der Waals surface area contributed by atoms with Crippen molar-refractivity contribution in [2.45, 2.75) is 25.4 Å². The molecular formula is C13H16N2O3. The molecule has 18 heavy (non-hydrogen) atoms. The minimum atomic E-state index is -0.763. The van der Waals surface area contributed by atoms with Crippen molar-refractivity contribution in [2.75, 3.05) is 6.54 Å². The Hall–Kier alpha value is -1.88. The number of carbonyl (C=O) groups is 2. The van der Waals surface area contributed by atoms with Gasteiger partial charge in [-0.05, 0) is 37.1 Å². The third kappa shape index (κ3) is 2.68. The standard InChI is InChI=1S/C13H16N2O3/c14-12(16)10-5-3-9(4-6-10)8-15-7-1-2-11(15)13(17)18/h3-6,11H,1-2,7-8H2,(H2,14,16)(H,17,18). The van der Waals surface area contributed by atoms with Gasteiger partial charge in [0.2, 0.25) is 5.91 Å². The van der Waals surface area contributed by atoms with E-state index in [2.05, 4.69) is 0 Å². The van der Waals surface area contributed by atoms with Gasteiger partial charge in [-0.25, -0.2) is 0 Å². The lowest BCUT2D eigenvalue weighted by Crippen LogP contribution is -2.35. The number of hydrogen-bond acceptors (Lipinski definition) is 3. The van der Waals surface area contributed by atoms with Crippen LogP contribution in [0.5, 0.6) is 0 Å². The summed E-state index contributed by atoms with van der Waals surface area (Å²) >= 11 is 0. The van der Waals surface area contributed by atoms with Crippen molar-refractivity contribution in [1.82, 2.24) is 4.90 Å². The maximum Gasteiger partial charge on any atom is 0.320 e. The zero-order valence-corrected chi connectivity index (χ0v) is 10.0. The lowest BCUT2D eigenvalue weighted by Gasteiger charge is -2.20. The number of nitrogens with zero attached hydrogens (tertiary/aromatic N) is 1.